The van der Waals surface area contributed by atoms with Gasteiger partial charge in [-0.15, -0.1) is 11.3 Å². The number of thiophene rings is 1. The molecule has 0 aliphatic carbocycles. The van der Waals surface area contributed by atoms with Crippen LogP contribution in [0.2, 0.25) is 0 Å². The molecule has 1 saturated heterocycles. The van der Waals surface area contributed by atoms with Gasteiger partial charge in [-0.1, -0.05) is 43.2 Å². The SMILES string of the molecule is COC(=O)c1c(S(=O)(=O)N2CCCCCC2)sc2c1CCN(Cc1ccccc1)C2. The quantitative estimate of drug-likeness (QED) is 0.653. The van der Waals surface area contributed by atoms with Gasteiger partial charge in [0.05, 0.1) is 12.7 Å². The maximum Gasteiger partial charge on any atom is 0.340 e. The molecule has 162 valence electrons. The highest BCUT2D eigenvalue weighted by atomic mass is 32.2. The molecule has 30 heavy (non-hydrogen) atoms. The summed E-state index contributed by atoms with van der Waals surface area (Å²) in [6.07, 6.45) is 4.47. The van der Waals surface area contributed by atoms with E-state index in [1.165, 1.54) is 24.0 Å². The minimum absolute atomic E-state index is 0.169. The predicted molar refractivity (Wildman–Crippen MR) is 117 cm³/mol. The molecule has 0 radical (unpaired) electrons. The molecule has 2 aromatic rings. The maximum atomic E-state index is 13.5. The van der Waals surface area contributed by atoms with E-state index in [9.17, 15) is 13.2 Å². The number of sulfonamides is 1. The lowest BCUT2D eigenvalue weighted by molar-refractivity contribution is 0.0595. The van der Waals surface area contributed by atoms with Gasteiger partial charge in [0.15, 0.2) is 0 Å². The molecule has 0 N–H and O–H groups in total. The number of rotatable bonds is 5. The summed E-state index contributed by atoms with van der Waals surface area (Å²) in [5, 5.41) is 0. The predicted octanol–water partition coefficient (Wildman–Crippen LogP) is 3.66. The maximum absolute atomic E-state index is 13.5. The molecule has 8 heteroatoms. The number of ether oxygens (including phenoxy) is 1. The summed E-state index contributed by atoms with van der Waals surface area (Å²) in [6.45, 7) is 3.28. The fourth-order valence-corrected chi connectivity index (χ4v) is 7.88. The van der Waals surface area contributed by atoms with Gasteiger partial charge in [0.1, 0.15) is 4.21 Å². The first-order valence-electron chi connectivity index (χ1n) is 10.5. The third-order valence-electron chi connectivity index (χ3n) is 5.88. The average Bonchev–Trinajstić information content (AvgIpc) is 2.93. The van der Waals surface area contributed by atoms with Gasteiger partial charge in [0.25, 0.3) is 10.0 Å². The lowest BCUT2D eigenvalue weighted by Crippen LogP contribution is -2.32. The zero-order valence-electron chi connectivity index (χ0n) is 17.3. The molecule has 0 bridgehead atoms. The Bertz CT molecular complexity index is 994. The number of carbonyl (C=O) groups is 1. The van der Waals surface area contributed by atoms with Gasteiger partial charge < -0.3 is 4.74 Å². The summed E-state index contributed by atoms with van der Waals surface area (Å²) in [5.41, 5.74) is 2.34. The van der Waals surface area contributed by atoms with Gasteiger partial charge >= 0.3 is 5.97 Å². The molecule has 0 amide bonds. The third kappa shape index (κ3) is 4.32. The van der Waals surface area contributed by atoms with Crippen LogP contribution in [0.5, 0.6) is 0 Å². The van der Waals surface area contributed by atoms with E-state index in [0.29, 0.717) is 26.1 Å². The standard InChI is InChI=1S/C22H28N2O4S2/c1-28-21(25)20-18-11-14-23(15-17-9-5-4-6-10-17)16-19(18)29-22(20)30(26,27)24-12-7-2-3-8-13-24/h4-6,9-10H,2-3,7-8,11-16H2,1H3. The second-order valence-corrected chi connectivity index (χ2v) is 11.2. The average molecular weight is 449 g/mol. The Kier molecular flexibility index (Phi) is 6.57. The minimum atomic E-state index is -3.71. The third-order valence-corrected chi connectivity index (χ3v) is 9.49. The molecule has 2 aliphatic rings. The van der Waals surface area contributed by atoms with Gasteiger partial charge in [-0.3, -0.25) is 4.90 Å². The molecule has 1 aromatic heterocycles. The number of fused-ring (bicyclic) bond motifs is 1. The monoisotopic (exact) mass is 448 g/mol. The van der Waals surface area contributed by atoms with Crippen molar-refractivity contribution in [2.45, 2.75) is 49.4 Å². The fraction of sp³-hybridized carbons (Fsp3) is 0.500. The Labute approximate surface area is 182 Å². The smallest absolute Gasteiger partial charge is 0.340 e. The van der Waals surface area contributed by atoms with Crippen molar-refractivity contribution in [2.24, 2.45) is 0 Å². The topological polar surface area (TPSA) is 66.9 Å². The van der Waals surface area contributed by atoms with Crippen molar-refractivity contribution in [3.8, 4) is 0 Å². The molecule has 2 aliphatic heterocycles. The van der Waals surface area contributed by atoms with Crippen LogP contribution in [0.3, 0.4) is 0 Å². The number of carbonyl (C=O) groups excluding carboxylic acids is 1. The van der Waals surface area contributed by atoms with Gasteiger partial charge in [-0.2, -0.15) is 4.31 Å². The van der Waals surface area contributed by atoms with Crippen molar-refractivity contribution in [1.82, 2.24) is 9.21 Å². The van der Waals surface area contributed by atoms with Crippen molar-refractivity contribution in [3.05, 3.63) is 51.9 Å². The highest BCUT2D eigenvalue weighted by Gasteiger charge is 2.37. The zero-order chi connectivity index (χ0) is 21.1. The van der Waals surface area contributed by atoms with Crippen molar-refractivity contribution in [3.63, 3.8) is 0 Å². The summed E-state index contributed by atoms with van der Waals surface area (Å²) in [7, 11) is -2.39. The lowest BCUT2D eigenvalue weighted by Gasteiger charge is -2.27. The fourth-order valence-electron chi connectivity index (χ4n) is 4.30. The van der Waals surface area contributed by atoms with Crippen molar-refractivity contribution in [2.75, 3.05) is 26.7 Å². The number of nitrogens with zero attached hydrogens (tertiary/aromatic N) is 2. The summed E-state index contributed by atoms with van der Waals surface area (Å²) in [6, 6.07) is 10.2. The minimum Gasteiger partial charge on any atom is -0.465 e. The van der Waals surface area contributed by atoms with Crippen LogP contribution in [0.4, 0.5) is 0 Å². The number of esters is 1. The first-order valence-corrected chi connectivity index (χ1v) is 12.8. The molecule has 1 fully saturated rings. The van der Waals surface area contributed by atoms with E-state index in [-0.39, 0.29) is 9.77 Å². The van der Waals surface area contributed by atoms with Crippen LogP contribution in [0.15, 0.2) is 34.5 Å². The highest BCUT2D eigenvalue weighted by molar-refractivity contribution is 7.91. The highest BCUT2D eigenvalue weighted by Crippen LogP contribution is 2.38. The van der Waals surface area contributed by atoms with E-state index in [1.807, 2.05) is 18.2 Å². The van der Waals surface area contributed by atoms with Crippen molar-refractivity contribution < 1.29 is 17.9 Å². The largest absolute Gasteiger partial charge is 0.465 e. The second kappa shape index (κ2) is 9.18. The van der Waals surface area contributed by atoms with Crippen LogP contribution in [-0.4, -0.2) is 50.3 Å². The van der Waals surface area contributed by atoms with Gasteiger partial charge in [-0.05, 0) is 30.4 Å². The summed E-state index contributed by atoms with van der Waals surface area (Å²) in [5.74, 6) is -0.544. The van der Waals surface area contributed by atoms with E-state index in [4.69, 9.17) is 4.74 Å². The Morgan fingerprint density at radius 1 is 1.07 bits per heavy atom. The van der Waals surface area contributed by atoms with Crippen LogP contribution in [-0.2, 0) is 34.3 Å². The molecule has 0 unspecified atom stereocenters. The number of benzene rings is 1. The van der Waals surface area contributed by atoms with Gasteiger partial charge in [0.2, 0.25) is 0 Å². The Balaban J connectivity index is 1.66. The summed E-state index contributed by atoms with van der Waals surface area (Å²) >= 11 is 1.26. The van der Waals surface area contributed by atoms with Crippen molar-refractivity contribution in [1.29, 1.82) is 0 Å². The molecule has 0 spiro atoms. The number of hydrogen-bond donors (Lipinski definition) is 0. The Hall–Kier alpha value is -1.74. The van der Waals surface area contributed by atoms with E-state index < -0.39 is 16.0 Å². The number of hydrogen-bond acceptors (Lipinski definition) is 6. The van der Waals surface area contributed by atoms with E-state index in [1.54, 1.807) is 4.31 Å². The summed E-state index contributed by atoms with van der Waals surface area (Å²) < 4.78 is 33.7. The molecule has 3 heterocycles. The van der Waals surface area contributed by atoms with Crippen LogP contribution in [0.1, 0.15) is 52.0 Å². The molecule has 0 atom stereocenters. The van der Waals surface area contributed by atoms with E-state index in [0.717, 1.165) is 49.2 Å². The van der Waals surface area contributed by atoms with Crippen LogP contribution >= 0.6 is 11.3 Å². The molecule has 0 saturated carbocycles. The van der Waals surface area contributed by atoms with Crippen LogP contribution in [0.25, 0.3) is 0 Å². The van der Waals surface area contributed by atoms with E-state index >= 15 is 0 Å². The van der Waals surface area contributed by atoms with E-state index in [2.05, 4.69) is 17.0 Å². The first-order chi connectivity index (χ1) is 14.5. The van der Waals surface area contributed by atoms with Crippen molar-refractivity contribution >= 4 is 27.3 Å². The Morgan fingerprint density at radius 2 is 1.77 bits per heavy atom. The van der Waals surface area contributed by atoms with Gasteiger partial charge in [-0.25, -0.2) is 13.2 Å². The van der Waals surface area contributed by atoms with Crippen LogP contribution < -0.4 is 0 Å². The van der Waals surface area contributed by atoms with Gasteiger partial charge in [0, 0.05) is 37.6 Å². The lowest BCUT2D eigenvalue weighted by atomic mass is 10.0. The normalized spacial score (nSPS) is 18.6. The molecule has 6 nitrogen and oxygen atoms in total. The molecular weight excluding hydrogens is 420 g/mol. The van der Waals surface area contributed by atoms with Crippen LogP contribution in [0, 0.1) is 0 Å². The molecule has 4 rings (SSSR count). The zero-order valence-corrected chi connectivity index (χ0v) is 18.9. The molecule has 1 aromatic carbocycles. The number of methoxy groups -OCH3 is 1. The first kappa shape index (κ1) is 21.5. The Morgan fingerprint density at radius 3 is 2.43 bits per heavy atom. The summed E-state index contributed by atoms with van der Waals surface area (Å²) in [4.78, 5) is 15.9. The second-order valence-electron chi connectivity index (χ2n) is 7.92. The molecular formula is C22H28N2O4S2.